The highest BCUT2D eigenvalue weighted by Crippen LogP contribution is 2.06. The van der Waals surface area contributed by atoms with Crippen molar-refractivity contribution in [1.29, 1.82) is 0 Å². The van der Waals surface area contributed by atoms with Crippen LogP contribution >= 0.6 is 0 Å². The number of methoxy groups -OCH3 is 1. The van der Waals surface area contributed by atoms with Crippen molar-refractivity contribution in [3.63, 3.8) is 0 Å². The smallest absolute Gasteiger partial charge is 0.271 e. The van der Waals surface area contributed by atoms with Crippen LogP contribution in [0.2, 0.25) is 0 Å². The Morgan fingerprint density at radius 3 is 2.58 bits per heavy atom. The van der Waals surface area contributed by atoms with Crippen LogP contribution in [0.4, 0.5) is 0 Å². The Balaban J connectivity index is 1.69. The fourth-order valence-electron chi connectivity index (χ4n) is 2.35. The molecule has 0 aliphatic carbocycles. The molecule has 0 radical (unpaired) electrons. The Kier molecular flexibility index (Phi) is 5.38. The summed E-state index contributed by atoms with van der Waals surface area (Å²) >= 11 is 0. The Bertz CT molecular complexity index is 937. The van der Waals surface area contributed by atoms with E-state index in [2.05, 4.69) is 15.4 Å². The Labute approximate surface area is 150 Å². The second kappa shape index (κ2) is 8.06. The van der Waals surface area contributed by atoms with Crippen molar-refractivity contribution in [2.45, 2.75) is 13.1 Å². The molecule has 7 heteroatoms. The summed E-state index contributed by atoms with van der Waals surface area (Å²) in [6.45, 7) is 0.610. The maximum Gasteiger partial charge on any atom is 0.271 e. The lowest BCUT2D eigenvalue weighted by Crippen LogP contribution is -2.29. The molecule has 0 fully saturated rings. The van der Waals surface area contributed by atoms with Gasteiger partial charge in [0.15, 0.2) is 0 Å². The van der Waals surface area contributed by atoms with Gasteiger partial charge in [-0.05, 0) is 17.2 Å². The molecule has 26 heavy (non-hydrogen) atoms. The molecule has 2 aromatic heterocycles. The molecule has 1 N–H and O–H groups in total. The summed E-state index contributed by atoms with van der Waals surface area (Å²) in [7, 11) is 1.54. The second-order valence-electron chi connectivity index (χ2n) is 5.59. The molecule has 2 heterocycles. The number of nitrogens with zero attached hydrogens (tertiary/aromatic N) is 3. The molecule has 3 aromatic rings. The average Bonchev–Trinajstić information content (AvgIpc) is 2.69. The molecule has 132 valence electrons. The molecule has 1 aromatic carbocycles. The number of nitrogens with one attached hydrogen (secondary N) is 1. The number of amides is 1. The minimum atomic E-state index is -0.359. The monoisotopic (exact) mass is 350 g/mol. The summed E-state index contributed by atoms with van der Waals surface area (Å²) < 4.78 is 6.27. The number of hydrogen-bond donors (Lipinski definition) is 1. The van der Waals surface area contributed by atoms with Gasteiger partial charge >= 0.3 is 0 Å². The predicted octanol–water partition coefficient (Wildman–Crippen LogP) is 1.63. The van der Waals surface area contributed by atoms with Crippen LogP contribution in [0.15, 0.2) is 65.6 Å². The lowest BCUT2D eigenvalue weighted by molar-refractivity contribution is 0.0943. The van der Waals surface area contributed by atoms with Gasteiger partial charge in [-0.3, -0.25) is 9.59 Å². The van der Waals surface area contributed by atoms with Crippen LogP contribution in [0.25, 0.3) is 0 Å². The highest BCUT2D eigenvalue weighted by Gasteiger charge is 2.10. The maximum absolute atomic E-state index is 12.3. The van der Waals surface area contributed by atoms with Crippen LogP contribution < -0.4 is 15.6 Å². The summed E-state index contributed by atoms with van der Waals surface area (Å²) in [6, 6.07) is 15.8. The third kappa shape index (κ3) is 4.32. The van der Waals surface area contributed by atoms with Crippen molar-refractivity contribution < 1.29 is 9.53 Å². The predicted molar refractivity (Wildman–Crippen MR) is 96.0 cm³/mol. The van der Waals surface area contributed by atoms with Gasteiger partial charge < -0.3 is 10.1 Å². The Hall–Kier alpha value is -3.48. The van der Waals surface area contributed by atoms with Crippen molar-refractivity contribution in [2.75, 3.05) is 7.11 Å². The molecule has 0 bridgehead atoms. The van der Waals surface area contributed by atoms with Crippen LogP contribution in [0.1, 0.15) is 21.6 Å². The summed E-state index contributed by atoms with van der Waals surface area (Å²) in [6.07, 6.45) is 1.63. The largest absolute Gasteiger partial charge is 0.481 e. The van der Waals surface area contributed by atoms with Crippen molar-refractivity contribution in [1.82, 2.24) is 20.1 Å². The summed E-state index contributed by atoms with van der Waals surface area (Å²) in [4.78, 5) is 28.4. The molecule has 0 aliphatic heterocycles. The van der Waals surface area contributed by atoms with Gasteiger partial charge in [0, 0.05) is 24.9 Å². The van der Waals surface area contributed by atoms with E-state index < -0.39 is 0 Å². The average molecular weight is 350 g/mol. The van der Waals surface area contributed by atoms with Crippen LogP contribution in [-0.4, -0.2) is 27.8 Å². The molecule has 0 aliphatic rings. The van der Waals surface area contributed by atoms with E-state index in [-0.39, 0.29) is 17.2 Å². The first-order chi connectivity index (χ1) is 12.7. The first-order valence-electron chi connectivity index (χ1n) is 8.05. The van der Waals surface area contributed by atoms with Gasteiger partial charge in [-0.1, -0.05) is 36.4 Å². The van der Waals surface area contributed by atoms with E-state index in [1.165, 1.54) is 16.8 Å². The van der Waals surface area contributed by atoms with Gasteiger partial charge in [0.2, 0.25) is 5.88 Å². The lowest BCUT2D eigenvalue weighted by Gasteiger charge is -2.08. The summed E-state index contributed by atoms with van der Waals surface area (Å²) in [5.41, 5.74) is 1.69. The van der Waals surface area contributed by atoms with E-state index in [1.807, 2.05) is 36.4 Å². The van der Waals surface area contributed by atoms with Gasteiger partial charge in [-0.15, -0.1) is 0 Å². The molecular formula is C19H18N4O3. The number of benzene rings is 1. The zero-order valence-corrected chi connectivity index (χ0v) is 14.3. The molecule has 3 rings (SSSR count). The molecule has 1 amide bonds. The normalized spacial score (nSPS) is 10.3. The lowest BCUT2D eigenvalue weighted by atomic mass is 10.2. The Morgan fingerprint density at radius 1 is 1.08 bits per heavy atom. The van der Waals surface area contributed by atoms with Crippen molar-refractivity contribution in [3.8, 4) is 5.88 Å². The van der Waals surface area contributed by atoms with Crippen molar-refractivity contribution in [2.24, 2.45) is 0 Å². The van der Waals surface area contributed by atoms with Gasteiger partial charge in [0.25, 0.3) is 11.5 Å². The van der Waals surface area contributed by atoms with E-state index in [0.717, 1.165) is 11.1 Å². The molecule has 0 saturated carbocycles. The highest BCUT2D eigenvalue weighted by molar-refractivity contribution is 5.91. The third-order valence-electron chi connectivity index (χ3n) is 3.73. The molecule has 0 saturated heterocycles. The molecule has 0 spiro atoms. The number of rotatable bonds is 6. The van der Waals surface area contributed by atoms with E-state index in [4.69, 9.17) is 4.74 Å². The zero-order chi connectivity index (χ0) is 18.4. The first kappa shape index (κ1) is 17.3. The number of carbonyl (C=O) groups excluding carboxylic acids is 1. The van der Waals surface area contributed by atoms with E-state index in [9.17, 15) is 9.59 Å². The number of carbonyl (C=O) groups is 1. The quantitative estimate of drug-likeness (QED) is 0.730. The van der Waals surface area contributed by atoms with E-state index in [0.29, 0.717) is 19.0 Å². The van der Waals surface area contributed by atoms with Crippen LogP contribution in [0.5, 0.6) is 5.88 Å². The van der Waals surface area contributed by atoms with Crippen molar-refractivity contribution in [3.05, 3.63) is 88.0 Å². The fourth-order valence-corrected chi connectivity index (χ4v) is 2.35. The first-order valence-corrected chi connectivity index (χ1v) is 8.05. The van der Waals surface area contributed by atoms with Gasteiger partial charge in [0.1, 0.15) is 5.69 Å². The minimum absolute atomic E-state index is 0.182. The SMILES string of the molecule is COc1ccc(CNC(=O)c2ccc(=O)n(Cc3ccccc3)n2)cn1. The van der Waals surface area contributed by atoms with Crippen molar-refractivity contribution >= 4 is 5.91 Å². The fraction of sp³-hybridized carbons (Fsp3) is 0.158. The highest BCUT2D eigenvalue weighted by atomic mass is 16.5. The number of ether oxygens (including phenoxy) is 1. The van der Waals surface area contributed by atoms with Gasteiger partial charge in [-0.2, -0.15) is 5.10 Å². The van der Waals surface area contributed by atoms with Crippen LogP contribution in [0.3, 0.4) is 0 Å². The molecular weight excluding hydrogens is 332 g/mol. The zero-order valence-electron chi connectivity index (χ0n) is 14.3. The van der Waals surface area contributed by atoms with Gasteiger partial charge in [0.05, 0.1) is 13.7 Å². The third-order valence-corrected chi connectivity index (χ3v) is 3.73. The standard InChI is InChI=1S/C19H18N4O3/c1-26-17-9-7-15(11-20-17)12-21-19(25)16-8-10-18(24)23(22-16)13-14-5-3-2-4-6-14/h2-11H,12-13H2,1H3,(H,21,25). The Morgan fingerprint density at radius 2 is 1.88 bits per heavy atom. The maximum atomic E-state index is 12.3. The molecule has 0 atom stereocenters. The number of hydrogen-bond acceptors (Lipinski definition) is 5. The van der Waals surface area contributed by atoms with E-state index >= 15 is 0 Å². The molecule has 7 nitrogen and oxygen atoms in total. The van der Waals surface area contributed by atoms with Crippen LogP contribution in [-0.2, 0) is 13.1 Å². The summed E-state index contributed by atoms with van der Waals surface area (Å²) in [5.74, 6) is 0.150. The number of aromatic nitrogens is 3. The summed E-state index contributed by atoms with van der Waals surface area (Å²) in [5, 5.41) is 6.93. The molecule has 0 unspecified atom stereocenters. The second-order valence-corrected chi connectivity index (χ2v) is 5.59. The minimum Gasteiger partial charge on any atom is -0.481 e. The van der Waals surface area contributed by atoms with E-state index in [1.54, 1.807) is 19.4 Å². The van der Waals surface area contributed by atoms with Gasteiger partial charge in [-0.25, -0.2) is 9.67 Å². The topological polar surface area (TPSA) is 86.1 Å². The van der Waals surface area contributed by atoms with Crippen LogP contribution in [0, 0.1) is 0 Å². The number of pyridine rings is 1.